The first-order valence-corrected chi connectivity index (χ1v) is 10.4. The molecule has 1 aliphatic rings. The molecule has 152 valence electrons. The molecule has 1 aliphatic heterocycles. The monoisotopic (exact) mass is 467 g/mol. The van der Waals surface area contributed by atoms with Gasteiger partial charge in [-0.15, -0.1) is 5.10 Å². The van der Waals surface area contributed by atoms with E-state index >= 15 is 0 Å². The van der Waals surface area contributed by atoms with E-state index in [9.17, 15) is 0 Å². The minimum atomic E-state index is -0.110. The molecular formula is C21H18BrN5O3. The first kappa shape index (κ1) is 19.0. The molecule has 0 saturated heterocycles. The molecule has 0 amide bonds. The zero-order valence-electron chi connectivity index (χ0n) is 16.2. The Balaban J connectivity index is 1.37. The normalized spacial score (nSPS) is 15.7. The van der Waals surface area contributed by atoms with Gasteiger partial charge in [-0.05, 0) is 36.8 Å². The summed E-state index contributed by atoms with van der Waals surface area (Å²) in [5, 5.41) is 12.6. The van der Waals surface area contributed by atoms with E-state index in [1.807, 2.05) is 60.1 Å². The zero-order valence-corrected chi connectivity index (χ0v) is 17.7. The highest BCUT2D eigenvalue weighted by Crippen LogP contribution is 2.32. The number of fused-ring (bicyclic) bond motifs is 1. The lowest BCUT2D eigenvalue weighted by Crippen LogP contribution is -2.22. The minimum Gasteiger partial charge on any atom is -0.494 e. The van der Waals surface area contributed by atoms with Crippen LogP contribution in [0.1, 0.15) is 24.3 Å². The van der Waals surface area contributed by atoms with Crippen LogP contribution in [0.3, 0.4) is 0 Å². The molecule has 30 heavy (non-hydrogen) atoms. The molecule has 5 rings (SSSR count). The summed E-state index contributed by atoms with van der Waals surface area (Å²) in [5.74, 6) is 1.66. The summed E-state index contributed by atoms with van der Waals surface area (Å²) < 4.78 is 19.8. The molecule has 0 unspecified atom stereocenters. The predicted octanol–water partition coefficient (Wildman–Crippen LogP) is 4.43. The Morgan fingerprint density at radius 2 is 2.00 bits per heavy atom. The fourth-order valence-electron chi connectivity index (χ4n) is 3.40. The van der Waals surface area contributed by atoms with Crippen molar-refractivity contribution in [1.82, 2.24) is 25.1 Å². The second-order valence-electron chi connectivity index (χ2n) is 6.77. The Kier molecular flexibility index (Phi) is 5.06. The summed E-state index contributed by atoms with van der Waals surface area (Å²) in [6, 6.07) is 15.6. The van der Waals surface area contributed by atoms with Crippen molar-refractivity contribution in [2.24, 2.45) is 0 Å². The van der Waals surface area contributed by atoms with E-state index in [0.29, 0.717) is 37.2 Å². The molecule has 0 fully saturated rings. The molecule has 3 heterocycles. The number of halogens is 1. The average molecular weight is 468 g/mol. The second kappa shape index (κ2) is 8.00. The summed E-state index contributed by atoms with van der Waals surface area (Å²) in [4.78, 5) is 4.50. The lowest BCUT2D eigenvalue weighted by atomic mass is 10.1. The second-order valence-corrected chi connectivity index (χ2v) is 7.63. The minimum absolute atomic E-state index is 0.110. The highest BCUT2D eigenvalue weighted by molar-refractivity contribution is 9.10. The van der Waals surface area contributed by atoms with Crippen LogP contribution in [-0.4, -0.2) is 31.7 Å². The first-order chi connectivity index (χ1) is 14.7. The van der Waals surface area contributed by atoms with Gasteiger partial charge in [-0.1, -0.05) is 50.6 Å². The molecule has 0 spiro atoms. The van der Waals surface area contributed by atoms with Crippen LogP contribution in [0.5, 0.6) is 5.75 Å². The molecule has 0 bridgehead atoms. The van der Waals surface area contributed by atoms with Crippen LogP contribution < -0.4 is 4.74 Å². The molecular weight excluding hydrogens is 450 g/mol. The van der Waals surface area contributed by atoms with Crippen molar-refractivity contribution in [3.63, 3.8) is 0 Å². The van der Waals surface area contributed by atoms with E-state index in [2.05, 4.69) is 36.4 Å². The number of benzene rings is 2. The van der Waals surface area contributed by atoms with Crippen LogP contribution >= 0.6 is 15.9 Å². The molecule has 2 aromatic carbocycles. The number of hydrogen-bond acceptors (Lipinski definition) is 7. The number of ether oxygens (including phenoxy) is 2. The van der Waals surface area contributed by atoms with Gasteiger partial charge >= 0.3 is 0 Å². The lowest BCUT2D eigenvalue weighted by molar-refractivity contribution is -0.00119. The lowest BCUT2D eigenvalue weighted by Gasteiger charge is -2.24. The molecule has 0 radical (unpaired) electrons. The van der Waals surface area contributed by atoms with Crippen LogP contribution in [0.2, 0.25) is 0 Å². The summed E-state index contributed by atoms with van der Waals surface area (Å²) in [7, 11) is 0. The van der Waals surface area contributed by atoms with Gasteiger partial charge in [0.2, 0.25) is 5.82 Å². The van der Waals surface area contributed by atoms with Crippen LogP contribution in [0.4, 0.5) is 0 Å². The summed E-state index contributed by atoms with van der Waals surface area (Å²) in [6.07, 6.45) is -0.110. The number of rotatable bonds is 5. The maximum atomic E-state index is 6.08. The SMILES string of the molecule is CCOc1ccc([C@@H]2Cn3nnc(-c4nc(-c5ccccc5Br)no4)c3CO2)cc1. The van der Waals surface area contributed by atoms with Crippen molar-refractivity contribution in [3.8, 4) is 28.7 Å². The molecule has 2 aromatic heterocycles. The molecule has 0 saturated carbocycles. The van der Waals surface area contributed by atoms with Crippen molar-refractivity contribution in [3.05, 3.63) is 64.3 Å². The van der Waals surface area contributed by atoms with E-state index in [1.165, 1.54) is 0 Å². The summed E-state index contributed by atoms with van der Waals surface area (Å²) in [5.41, 5.74) is 3.28. The van der Waals surface area contributed by atoms with Crippen LogP contribution in [0.15, 0.2) is 57.5 Å². The number of aromatic nitrogens is 5. The third-order valence-electron chi connectivity index (χ3n) is 4.90. The number of hydrogen-bond donors (Lipinski definition) is 0. The third-order valence-corrected chi connectivity index (χ3v) is 5.60. The summed E-state index contributed by atoms with van der Waals surface area (Å²) in [6.45, 7) is 3.52. The van der Waals surface area contributed by atoms with Gasteiger partial charge in [-0.25, -0.2) is 4.68 Å². The Morgan fingerprint density at radius 3 is 2.80 bits per heavy atom. The Hall–Kier alpha value is -3.04. The number of nitrogens with zero attached hydrogens (tertiary/aromatic N) is 5. The van der Waals surface area contributed by atoms with E-state index in [1.54, 1.807) is 0 Å². The van der Waals surface area contributed by atoms with Crippen LogP contribution in [-0.2, 0) is 17.9 Å². The van der Waals surface area contributed by atoms with Gasteiger partial charge < -0.3 is 14.0 Å². The molecule has 8 nitrogen and oxygen atoms in total. The highest BCUT2D eigenvalue weighted by atomic mass is 79.9. The molecule has 1 atom stereocenters. The Bertz CT molecular complexity index is 1170. The van der Waals surface area contributed by atoms with Gasteiger partial charge in [0.05, 0.1) is 25.5 Å². The maximum absolute atomic E-state index is 6.08. The Labute approximate surface area is 180 Å². The van der Waals surface area contributed by atoms with Gasteiger partial charge in [0, 0.05) is 10.0 Å². The van der Waals surface area contributed by atoms with E-state index in [-0.39, 0.29) is 6.10 Å². The van der Waals surface area contributed by atoms with Crippen molar-refractivity contribution in [2.75, 3.05) is 6.61 Å². The third kappa shape index (κ3) is 3.50. The molecule has 9 heteroatoms. The van der Waals surface area contributed by atoms with Gasteiger partial charge in [0.1, 0.15) is 11.9 Å². The highest BCUT2D eigenvalue weighted by Gasteiger charge is 2.28. The fraction of sp³-hybridized carbons (Fsp3) is 0.238. The van der Waals surface area contributed by atoms with Crippen LogP contribution in [0, 0.1) is 0 Å². The van der Waals surface area contributed by atoms with Gasteiger partial charge in [-0.2, -0.15) is 4.98 Å². The quantitative estimate of drug-likeness (QED) is 0.428. The van der Waals surface area contributed by atoms with E-state index in [0.717, 1.165) is 27.0 Å². The smallest absolute Gasteiger partial charge is 0.280 e. The standard InChI is InChI=1S/C21H18BrN5O3/c1-2-28-14-9-7-13(8-10-14)18-11-27-17(12-29-18)19(24-26-27)21-23-20(25-30-21)15-5-3-4-6-16(15)22/h3-10,18H,2,11-12H2,1H3/t18-/m0/s1. The van der Waals surface area contributed by atoms with E-state index < -0.39 is 0 Å². The fourth-order valence-corrected chi connectivity index (χ4v) is 3.86. The van der Waals surface area contributed by atoms with Crippen molar-refractivity contribution in [1.29, 1.82) is 0 Å². The van der Waals surface area contributed by atoms with Crippen molar-refractivity contribution < 1.29 is 14.0 Å². The van der Waals surface area contributed by atoms with Crippen molar-refractivity contribution in [2.45, 2.75) is 26.2 Å². The largest absolute Gasteiger partial charge is 0.494 e. The van der Waals surface area contributed by atoms with Crippen LogP contribution in [0.25, 0.3) is 23.0 Å². The topological polar surface area (TPSA) is 88.1 Å². The maximum Gasteiger partial charge on any atom is 0.280 e. The van der Waals surface area contributed by atoms with Gasteiger partial charge in [0.25, 0.3) is 5.89 Å². The average Bonchev–Trinajstić information content (AvgIpc) is 3.41. The van der Waals surface area contributed by atoms with Crippen molar-refractivity contribution >= 4 is 15.9 Å². The Morgan fingerprint density at radius 1 is 1.17 bits per heavy atom. The first-order valence-electron chi connectivity index (χ1n) is 9.58. The predicted molar refractivity (Wildman–Crippen MR) is 112 cm³/mol. The van der Waals surface area contributed by atoms with E-state index in [4.69, 9.17) is 14.0 Å². The van der Waals surface area contributed by atoms with Gasteiger partial charge in [-0.3, -0.25) is 0 Å². The molecule has 4 aromatic rings. The zero-order chi connectivity index (χ0) is 20.5. The summed E-state index contributed by atoms with van der Waals surface area (Å²) >= 11 is 3.51. The molecule has 0 aliphatic carbocycles. The van der Waals surface area contributed by atoms with Gasteiger partial charge in [0.15, 0.2) is 5.69 Å². The molecule has 0 N–H and O–H groups in total.